The molecule has 5 nitrogen and oxygen atoms in total. The van der Waals surface area contributed by atoms with Crippen LogP contribution in [0.15, 0.2) is 0 Å². The van der Waals surface area contributed by atoms with E-state index in [1.807, 2.05) is 0 Å². The van der Waals surface area contributed by atoms with Crippen molar-refractivity contribution < 1.29 is 15.2 Å². The third-order valence-corrected chi connectivity index (χ3v) is 1.10. The zero-order chi connectivity index (χ0) is 9.28. The molecule has 0 aromatic heterocycles. The molecule has 5 heteroatoms. The van der Waals surface area contributed by atoms with Crippen LogP contribution in [-0.4, -0.2) is 26.7 Å². The molecule has 0 heterocycles. The average molecular weight is 164 g/mol. The Balaban J connectivity index is 4.43. The van der Waals surface area contributed by atoms with Gasteiger partial charge >= 0.3 is 0 Å². The summed E-state index contributed by atoms with van der Waals surface area (Å²) in [7, 11) is 0. The van der Waals surface area contributed by atoms with Gasteiger partial charge in [0.2, 0.25) is 0 Å². The molecule has 0 spiro atoms. The van der Waals surface area contributed by atoms with Crippen LogP contribution in [0.25, 0.3) is 0 Å². The Hall–Kier alpha value is -0.200. The van der Waals surface area contributed by atoms with E-state index >= 15 is 0 Å². The predicted octanol–water partition coefficient (Wildman–Crippen LogP) is -0.449. The summed E-state index contributed by atoms with van der Waals surface area (Å²) < 4.78 is 0. The Kier molecular flexibility index (Phi) is 2.98. The molecule has 0 saturated heterocycles. The van der Waals surface area contributed by atoms with E-state index < -0.39 is 11.4 Å². The normalized spacial score (nSPS) is 14.2. The topological polar surface area (TPSA) is 79.0 Å². The van der Waals surface area contributed by atoms with Gasteiger partial charge < -0.3 is 10.2 Å². The smallest absolute Gasteiger partial charge is 0.140 e. The molecule has 0 fully saturated rings. The first-order chi connectivity index (χ1) is 4.69. The summed E-state index contributed by atoms with van der Waals surface area (Å²) in [5.41, 5.74) is -2.62. The first kappa shape index (κ1) is 10.8. The Labute approximate surface area is 66.3 Å². The molecule has 0 aliphatic heterocycles. The maximum atomic E-state index is 9.37. The fourth-order valence-electron chi connectivity index (χ4n) is 0.928. The first-order valence-corrected chi connectivity index (χ1v) is 3.31. The summed E-state index contributed by atoms with van der Waals surface area (Å²) in [5.74, 6) is 4.85. The van der Waals surface area contributed by atoms with E-state index in [9.17, 15) is 10.2 Å². The molecule has 0 radical (unpaired) electrons. The van der Waals surface area contributed by atoms with Crippen LogP contribution in [0.1, 0.15) is 27.7 Å². The molecular weight excluding hydrogens is 148 g/mol. The Morgan fingerprint density at radius 1 is 1.09 bits per heavy atom. The number of hydrogen-bond acceptors (Lipinski definition) is 5. The van der Waals surface area contributed by atoms with E-state index in [1.165, 1.54) is 27.7 Å². The maximum absolute atomic E-state index is 9.37. The van der Waals surface area contributed by atoms with Crippen molar-refractivity contribution in [2.75, 3.05) is 0 Å². The monoisotopic (exact) mass is 164 g/mol. The van der Waals surface area contributed by atoms with Crippen LogP contribution < -0.4 is 5.90 Å². The van der Waals surface area contributed by atoms with Gasteiger partial charge in [-0.05, 0) is 27.7 Å². The zero-order valence-electron chi connectivity index (χ0n) is 7.33. The number of rotatable bonds is 3. The van der Waals surface area contributed by atoms with Crippen molar-refractivity contribution in [1.29, 1.82) is 0 Å². The van der Waals surface area contributed by atoms with Crippen molar-refractivity contribution in [2.45, 2.75) is 39.1 Å². The van der Waals surface area contributed by atoms with Gasteiger partial charge in [0.15, 0.2) is 0 Å². The van der Waals surface area contributed by atoms with Gasteiger partial charge in [-0.3, -0.25) is 0 Å². The molecular formula is C6H16N2O3. The molecule has 0 rings (SSSR count). The second-order valence-corrected chi connectivity index (χ2v) is 3.39. The van der Waals surface area contributed by atoms with E-state index in [0.717, 1.165) is 5.06 Å². The van der Waals surface area contributed by atoms with Crippen LogP contribution in [0.2, 0.25) is 0 Å². The quantitative estimate of drug-likeness (QED) is 0.389. The SMILES string of the molecule is CC(C)(O)N(ON)C(C)(C)O. The number of nitrogens with zero attached hydrogens (tertiary/aromatic N) is 1. The first-order valence-electron chi connectivity index (χ1n) is 3.31. The predicted molar refractivity (Wildman–Crippen MR) is 39.7 cm³/mol. The van der Waals surface area contributed by atoms with Crippen LogP contribution in [-0.2, 0) is 4.94 Å². The Bertz CT molecular complexity index is 111. The molecule has 0 saturated carbocycles. The van der Waals surface area contributed by atoms with Crippen molar-refractivity contribution in [3.8, 4) is 0 Å². The maximum Gasteiger partial charge on any atom is 0.140 e. The lowest BCUT2D eigenvalue weighted by molar-refractivity contribution is -0.368. The minimum atomic E-state index is -1.31. The lowest BCUT2D eigenvalue weighted by atomic mass is 10.2. The summed E-state index contributed by atoms with van der Waals surface area (Å²) in [6, 6.07) is 0. The molecule has 0 atom stereocenters. The summed E-state index contributed by atoms with van der Waals surface area (Å²) in [4.78, 5) is 4.31. The van der Waals surface area contributed by atoms with E-state index in [0.29, 0.717) is 0 Å². The van der Waals surface area contributed by atoms with Gasteiger partial charge in [-0.2, -0.15) is 5.90 Å². The van der Waals surface area contributed by atoms with Gasteiger partial charge in [-0.1, -0.05) is 0 Å². The van der Waals surface area contributed by atoms with E-state index in [1.54, 1.807) is 0 Å². The van der Waals surface area contributed by atoms with E-state index in [4.69, 9.17) is 5.90 Å². The minimum Gasteiger partial charge on any atom is -0.374 e. The molecule has 68 valence electrons. The van der Waals surface area contributed by atoms with Gasteiger partial charge in [0, 0.05) is 0 Å². The number of hydroxylamine groups is 2. The highest BCUT2D eigenvalue weighted by molar-refractivity contribution is 4.70. The van der Waals surface area contributed by atoms with Crippen LogP contribution >= 0.6 is 0 Å². The minimum absolute atomic E-state index is 0.889. The molecule has 0 aliphatic carbocycles. The van der Waals surface area contributed by atoms with Gasteiger partial charge in [0.05, 0.1) is 0 Å². The van der Waals surface area contributed by atoms with Crippen LogP contribution in [0, 0.1) is 0 Å². The van der Waals surface area contributed by atoms with Crippen LogP contribution in [0.4, 0.5) is 0 Å². The number of aliphatic hydroxyl groups is 2. The van der Waals surface area contributed by atoms with Gasteiger partial charge in [-0.25, -0.2) is 4.94 Å². The Morgan fingerprint density at radius 3 is 1.36 bits per heavy atom. The standard InChI is InChI=1S/C6H16N2O3/c1-5(2,9)8(11-7)6(3,4)10/h9-10H,7H2,1-4H3. The van der Waals surface area contributed by atoms with Crippen LogP contribution in [0.5, 0.6) is 0 Å². The molecule has 0 amide bonds. The highest BCUT2D eigenvalue weighted by Gasteiger charge is 2.36. The zero-order valence-corrected chi connectivity index (χ0v) is 7.33. The molecule has 0 aromatic rings. The molecule has 0 aromatic carbocycles. The van der Waals surface area contributed by atoms with Gasteiger partial charge in [0.25, 0.3) is 0 Å². The van der Waals surface area contributed by atoms with E-state index in [-0.39, 0.29) is 0 Å². The summed E-state index contributed by atoms with van der Waals surface area (Å²) in [6.07, 6.45) is 0. The molecule has 0 aliphatic rings. The summed E-state index contributed by atoms with van der Waals surface area (Å²) in [6.45, 7) is 5.82. The fraction of sp³-hybridized carbons (Fsp3) is 1.00. The summed E-state index contributed by atoms with van der Waals surface area (Å²) >= 11 is 0. The lowest BCUT2D eigenvalue weighted by Crippen LogP contribution is -2.56. The largest absolute Gasteiger partial charge is 0.374 e. The highest BCUT2D eigenvalue weighted by atomic mass is 16.8. The average Bonchev–Trinajstić information content (AvgIpc) is 1.56. The third-order valence-electron chi connectivity index (χ3n) is 1.10. The lowest BCUT2D eigenvalue weighted by Gasteiger charge is -2.38. The molecule has 11 heavy (non-hydrogen) atoms. The van der Waals surface area contributed by atoms with Crippen molar-refractivity contribution in [3.63, 3.8) is 0 Å². The van der Waals surface area contributed by atoms with Gasteiger partial charge in [-0.15, -0.1) is 5.06 Å². The fourth-order valence-corrected chi connectivity index (χ4v) is 0.928. The highest BCUT2D eigenvalue weighted by Crippen LogP contribution is 2.19. The number of hydrogen-bond donors (Lipinski definition) is 3. The Morgan fingerprint density at radius 2 is 1.36 bits per heavy atom. The second kappa shape index (κ2) is 3.04. The summed E-state index contributed by atoms with van der Waals surface area (Å²) in [5, 5.41) is 19.6. The molecule has 0 bridgehead atoms. The number of nitrogens with two attached hydrogens (primary N) is 1. The van der Waals surface area contributed by atoms with Gasteiger partial charge in [0.1, 0.15) is 11.4 Å². The third kappa shape index (κ3) is 3.13. The van der Waals surface area contributed by atoms with Crippen molar-refractivity contribution >= 4 is 0 Å². The van der Waals surface area contributed by atoms with Crippen LogP contribution in [0.3, 0.4) is 0 Å². The van der Waals surface area contributed by atoms with Crippen molar-refractivity contribution in [1.82, 2.24) is 5.06 Å². The van der Waals surface area contributed by atoms with Crippen molar-refractivity contribution in [3.05, 3.63) is 0 Å². The second-order valence-electron chi connectivity index (χ2n) is 3.39. The van der Waals surface area contributed by atoms with E-state index in [2.05, 4.69) is 4.94 Å². The molecule has 4 N–H and O–H groups in total. The molecule has 0 unspecified atom stereocenters. The van der Waals surface area contributed by atoms with Crippen molar-refractivity contribution in [2.24, 2.45) is 5.90 Å².